The van der Waals surface area contributed by atoms with Gasteiger partial charge in [0.15, 0.2) is 0 Å². The lowest BCUT2D eigenvalue weighted by Gasteiger charge is -1.81. The van der Waals surface area contributed by atoms with Crippen molar-refractivity contribution in [3.05, 3.63) is 0 Å². The third-order valence-corrected chi connectivity index (χ3v) is 0.408. The molecule has 0 heterocycles. The van der Waals surface area contributed by atoms with Gasteiger partial charge in [0.05, 0.1) is 0 Å². The average molecular weight is 220 g/mol. The van der Waals surface area contributed by atoms with Gasteiger partial charge in [-0.3, -0.25) is 0 Å². The molecular formula is C3H14Cl4N2. The summed E-state index contributed by atoms with van der Waals surface area (Å²) >= 11 is 0. The first-order valence-corrected chi connectivity index (χ1v) is 1.82. The van der Waals surface area contributed by atoms with Gasteiger partial charge in [-0.15, -0.1) is 49.6 Å². The molecular weight excluding hydrogens is 206 g/mol. The van der Waals surface area contributed by atoms with Crippen molar-refractivity contribution in [1.29, 1.82) is 0 Å². The molecule has 0 amide bonds. The van der Waals surface area contributed by atoms with E-state index >= 15 is 0 Å². The van der Waals surface area contributed by atoms with Crippen molar-refractivity contribution in [2.45, 2.75) is 6.42 Å². The summed E-state index contributed by atoms with van der Waals surface area (Å²) in [5.74, 6) is 0. The van der Waals surface area contributed by atoms with Crippen molar-refractivity contribution < 1.29 is 0 Å². The molecule has 0 aromatic heterocycles. The third kappa shape index (κ3) is 48.0. The van der Waals surface area contributed by atoms with Crippen molar-refractivity contribution in [2.24, 2.45) is 11.5 Å². The van der Waals surface area contributed by atoms with Crippen LogP contribution in [0.1, 0.15) is 6.42 Å². The predicted molar refractivity (Wildman–Crippen MR) is 51.7 cm³/mol. The van der Waals surface area contributed by atoms with Gasteiger partial charge in [0.1, 0.15) is 0 Å². The van der Waals surface area contributed by atoms with E-state index in [4.69, 9.17) is 11.5 Å². The predicted octanol–water partition coefficient (Wildman–Crippen LogP) is 0.981. The second-order valence-electron chi connectivity index (χ2n) is 0.931. The van der Waals surface area contributed by atoms with Gasteiger partial charge in [-0.2, -0.15) is 0 Å². The molecule has 0 atom stereocenters. The lowest BCUT2D eigenvalue weighted by Crippen LogP contribution is -2.06. The Hall–Kier alpha value is 1.08. The zero-order valence-electron chi connectivity index (χ0n) is 4.91. The minimum Gasteiger partial charge on any atom is -0.330 e. The summed E-state index contributed by atoms with van der Waals surface area (Å²) in [6.07, 6.45) is 0.944. The highest BCUT2D eigenvalue weighted by Gasteiger charge is 1.67. The molecule has 0 saturated heterocycles. The van der Waals surface area contributed by atoms with E-state index in [1.54, 1.807) is 0 Å². The van der Waals surface area contributed by atoms with E-state index in [2.05, 4.69) is 0 Å². The molecule has 6 heteroatoms. The summed E-state index contributed by atoms with van der Waals surface area (Å²) in [7, 11) is 0. The van der Waals surface area contributed by atoms with Crippen LogP contribution in [0.4, 0.5) is 0 Å². The van der Waals surface area contributed by atoms with Crippen LogP contribution in [-0.2, 0) is 0 Å². The first kappa shape index (κ1) is 32.2. The normalized spacial score (nSPS) is 4.67. The Morgan fingerprint density at radius 2 is 0.889 bits per heavy atom. The van der Waals surface area contributed by atoms with Gasteiger partial charge in [-0.25, -0.2) is 0 Å². The summed E-state index contributed by atoms with van der Waals surface area (Å²) in [4.78, 5) is 0. The van der Waals surface area contributed by atoms with Gasteiger partial charge < -0.3 is 11.5 Å². The van der Waals surface area contributed by atoms with Gasteiger partial charge in [-0.1, -0.05) is 0 Å². The summed E-state index contributed by atoms with van der Waals surface area (Å²) in [6.45, 7) is 1.44. The molecule has 4 N–H and O–H groups in total. The van der Waals surface area contributed by atoms with Gasteiger partial charge in [0.25, 0.3) is 0 Å². The van der Waals surface area contributed by atoms with Crippen molar-refractivity contribution in [3.63, 3.8) is 0 Å². The molecule has 0 fully saturated rings. The molecule has 0 aliphatic carbocycles. The van der Waals surface area contributed by atoms with E-state index in [-0.39, 0.29) is 49.6 Å². The van der Waals surface area contributed by atoms with Crippen LogP contribution in [0.25, 0.3) is 0 Å². The van der Waals surface area contributed by atoms with Gasteiger partial charge >= 0.3 is 0 Å². The molecule has 0 bridgehead atoms. The molecule has 0 aromatic rings. The fraction of sp³-hybridized carbons (Fsp3) is 1.00. The molecule has 0 unspecified atom stereocenters. The minimum absolute atomic E-state index is 0. The molecule has 0 aromatic carbocycles. The molecule has 0 radical (unpaired) electrons. The van der Waals surface area contributed by atoms with Crippen molar-refractivity contribution in [2.75, 3.05) is 13.1 Å². The summed E-state index contributed by atoms with van der Waals surface area (Å²) < 4.78 is 0. The topological polar surface area (TPSA) is 52.0 Å². The number of hydrogen-bond acceptors (Lipinski definition) is 2. The van der Waals surface area contributed by atoms with Crippen LogP contribution in [0, 0.1) is 0 Å². The lowest BCUT2D eigenvalue weighted by molar-refractivity contribution is 0.844. The maximum absolute atomic E-state index is 5.06. The highest BCUT2D eigenvalue weighted by atomic mass is 35.5. The van der Waals surface area contributed by atoms with Crippen LogP contribution in [0.15, 0.2) is 0 Å². The molecule has 0 saturated carbocycles. The number of hydrogen-bond donors (Lipinski definition) is 2. The van der Waals surface area contributed by atoms with Crippen LogP contribution in [0.5, 0.6) is 0 Å². The lowest BCUT2D eigenvalue weighted by atomic mass is 10.4. The Labute approximate surface area is 80.8 Å². The molecule has 64 valence electrons. The van der Waals surface area contributed by atoms with E-state index in [0.29, 0.717) is 0 Å². The average Bonchev–Trinajstić information content (AvgIpc) is 1.41. The van der Waals surface area contributed by atoms with Crippen LogP contribution in [0.2, 0.25) is 0 Å². The molecule has 0 rings (SSSR count). The Kier molecular flexibility index (Phi) is 127. The zero-order valence-corrected chi connectivity index (χ0v) is 8.18. The summed E-state index contributed by atoms with van der Waals surface area (Å²) in [6, 6.07) is 0. The van der Waals surface area contributed by atoms with Crippen LogP contribution in [-0.4, -0.2) is 13.1 Å². The SMILES string of the molecule is Cl.Cl.Cl.Cl.NCCCN. The Balaban J connectivity index is -0.0000000133. The van der Waals surface area contributed by atoms with Crippen LogP contribution in [0.3, 0.4) is 0 Å². The Bertz CT molecular complexity index is 21.3. The van der Waals surface area contributed by atoms with E-state index in [1.807, 2.05) is 0 Å². The van der Waals surface area contributed by atoms with Gasteiger partial charge in [0, 0.05) is 0 Å². The van der Waals surface area contributed by atoms with Crippen molar-refractivity contribution >= 4 is 49.6 Å². The smallest absolute Gasteiger partial charge is 0.00653 e. The molecule has 2 nitrogen and oxygen atoms in total. The fourth-order valence-corrected chi connectivity index (χ4v) is 0.118. The first-order chi connectivity index (χ1) is 2.41. The quantitative estimate of drug-likeness (QED) is 0.728. The minimum atomic E-state index is 0. The van der Waals surface area contributed by atoms with Crippen LogP contribution >= 0.6 is 49.6 Å². The number of rotatable bonds is 2. The second kappa shape index (κ2) is 35.6. The Morgan fingerprint density at radius 1 is 0.667 bits per heavy atom. The van der Waals surface area contributed by atoms with Crippen molar-refractivity contribution in [1.82, 2.24) is 0 Å². The number of nitrogens with two attached hydrogens (primary N) is 2. The van der Waals surface area contributed by atoms with Gasteiger partial charge in [0.2, 0.25) is 0 Å². The van der Waals surface area contributed by atoms with Gasteiger partial charge in [-0.05, 0) is 19.5 Å². The fourth-order valence-electron chi connectivity index (χ4n) is 0.118. The summed E-state index contributed by atoms with van der Waals surface area (Å²) in [5, 5.41) is 0. The largest absolute Gasteiger partial charge is 0.330 e. The zero-order chi connectivity index (χ0) is 4.12. The van der Waals surface area contributed by atoms with E-state index in [0.717, 1.165) is 19.5 Å². The first-order valence-electron chi connectivity index (χ1n) is 1.82. The maximum atomic E-state index is 5.06. The van der Waals surface area contributed by atoms with E-state index < -0.39 is 0 Å². The summed E-state index contributed by atoms with van der Waals surface area (Å²) in [5.41, 5.74) is 10.1. The maximum Gasteiger partial charge on any atom is -0.00653 e. The molecule has 9 heavy (non-hydrogen) atoms. The van der Waals surface area contributed by atoms with Crippen LogP contribution < -0.4 is 11.5 Å². The second-order valence-corrected chi connectivity index (χ2v) is 0.931. The highest BCUT2D eigenvalue weighted by Crippen LogP contribution is 1.58. The molecule has 0 spiro atoms. The standard InChI is InChI=1S/C3H10N2.4ClH/c4-2-1-3-5;;;;/h1-5H2;4*1H. The van der Waals surface area contributed by atoms with E-state index in [9.17, 15) is 0 Å². The van der Waals surface area contributed by atoms with Crippen molar-refractivity contribution in [3.8, 4) is 0 Å². The molecule has 0 aliphatic rings. The Morgan fingerprint density at radius 3 is 0.889 bits per heavy atom. The van der Waals surface area contributed by atoms with E-state index in [1.165, 1.54) is 0 Å². The highest BCUT2D eigenvalue weighted by molar-refractivity contribution is 5.86. The third-order valence-electron chi connectivity index (χ3n) is 0.408. The molecule has 0 aliphatic heterocycles. The number of halogens is 4. The monoisotopic (exact) mass is 218 g/mol.